The maximum atomic E-state index is 12.9. The molecule has 0 aromatic carbocycles. The maximum Gasteiger partial charge on any atom is 0.323 e. The van der Waals surface area contributed by atoms with Crippen LogP contribution >= 0.6 is 0 Å². The zero-order valence-corrected chi connectivity index (χ0v) is 17.4. The molecular weight excluding hydrogens is 370 g/mol. The van der Waals surface area contributed by atoms with E-state index in [0.29, 0.717) is 18.9 Å². The fourth-order valence-corrected chi connectivity index (χ4v) is 4.02. The number of amides is 3. The fourth-order valence-electron chi connectivity index (χ4n) is 4.02. The molecule has 2 aliphatic rings. The van der Waals surface area contributed by atoms with Crippen molar-refractivity contribution in [2.24, 2.45) is 13.0 Å². The minimum atomic E-state index is -0.208. The van der Waals surface area contributed by atoms with Crippen LogP contribution in [-0.4, -0.2) is 55.3 Å². The van der Waals surface area contributed by atoms with Crippen molar-refractivity contribution in [2.45, 2.75) is 51.6 Å². The third kappa shape index (κ3) is 3.99. The van der Waals surface area contributed by atoms with E-state index in [2.05, 4.69) is 34.6 Å². The van der Waals surface area contributed by atoms with Gasteiger partial charge in [-0.2, -0.15) is 5.10 Å². The summed E-state index contributed by atoms with van der Waals surface area (Å²) in [5.41, 5.74) is 0.997. The lowest BCUT2D eigenvalue weighted by Gasteiger charge is -2.19. The predicted molar refractivity (Wildman–Crippen MR) is 109 cm³/mol. The third-order valence-electron chi connectivity index (χ3n) is 5.72. The molecule has 1 aliphatic heterocycles. The number of hydrogen-bond acceptors (Lipinski definition) is 4. The zero-order chi connectivity index (χ0) is 20.7. The molecule has 0 unspecified atom stereocenters. The lowest BCUT2D eigenvalue weighted by molar-refractivity contribution is -0.123. The highest BCUT2D eigenvalue weighted by Crippen LogP contribution is 2.32. The van der Waals surface area contributed by atoms with Gasteiger partial charge in [0.05, 0.1) is 12.0 Å². The van der Waals surface area contributed by atoms with Crippen LogP contribution in [0.2, 0.25) is 0 Å². The van der Waals surface area contributed by atoms with Crippen LogP contribution in [-0.2, 0) is 11.8 Å². The number of hydrogen-bond donors (Lipinski definition) is 2. The zero-order valence-electron chi connectivity index (χ0n) is 17.4. The SMILES string of the molecule is Cc1cc(NC(=O)N2C[C@@H](NC(=O)C3CC3)[C@H](c3nccn3C)C2)nn1C(C)C. The van der Waals surface area contributed by atoms with E-state index in [1.165, 1.54) is 0 Å². The lowest BCUT2D eigenvalue weighted by Crippen LogP contribution is -2.42. The second-order valence-electron chi connectivity index (χ2n) is 8.44. The van der Waals surface area contributed by atoms with Gasteiger partial charge in [0, 0.05) is 56.3 Å². The van der Waals surface area contributed by atoms with Gasteiger partial charge in [-0.25, -0.2) is 9.78 Å². The summed E-state index contributed by atoms with van der Waals surface area (Å²) >= 11 is 0. The van der Waals surface area contributed by atoms with Crippen molar-refractivity contribution >= 4 is 17.8 Å². The number of aromatic nitrogens is 4. The summed E-state index contributed by atoms with van der Waals surface area (Å²) in [6.07, 6.45) is 5.54. The van der Waals surface area contributed by atoms with Crippen LogP contribution in [0.1, 0.15) is 50.2 Å². The van der Waals surface area contributed by atoms with E-state index in [1.807, 2.05) is 35.5 Å². The molecule has 1 aliphatic carbocycles. The normalized spacial score (nSPS) is 21.6. The van der Waals surface area contributed by atoms with Gasteiger partial charge in [-0.05, 0) is 33.6 Å². The molecular formula is C20H29N7O2. The largest absolute Gasteiger partial charge is 0.351 e. The number of carbonyl (C=O) groups is 2. The van der Waals surface area contributed by atoms with Crippen LogP contribution in [0.5, 0.6) is 0 Å². The standard InChI is InChI=1S/C20H29N7O2/c1-12(2)27-13(3)9-17(24-27)23-20(29)26-10-15(18-21-7-8-25(18)4)16(11-26)22-19(28)14-5-6-14/h7-9,12,14-16H,5-6,10-11H2,1-4H3,(H,22,28)(H,23,24,29)/t15-,16-/m1/s1. The monoisotopic (exact) mass is 399 g/mol. The molecule has 1 saturated carbocycles. The van der Waals surface area contributed by atoms with E-state index in [-0.39, 0.29) is 35.9 Å². The molecule has 2 fully saturated rings. The van der Waals surface area contributed by atoms with E-state index in [9.17, 15) is 9.59 Å². The molecule has 9 heteroatoms. The van der Waals surface area contributed by atoms with Crippen molar-refractivity contribution in [1.29, 1.82) is 0 Å². The predicted octanol–water partition coefficient (Wildman–Crippen LogP) is 2.03. The Hall–Kier alpha value is -2.84. The van der Waals surface area contributed by atoms with Gasteiger partial charge in [0.25, 0.3) is 0 Å². The molecule has 0 bridgehead atoms. The summed E-state index contributed by atoms with van der Waals surface area (Å²) < 4.78 is 3.84. The number of aryl methyl sites for hydroxylation is 2. The van der Waals surface area contributed by atoms with Gasteiger partial charge in [-0.3, -0.25) is 14.8 Å². The van der Waals surface area contributed by atoms with Crippen LogP contribution in [0.4, 0.5) is 10.6 Å². The Balaban J connectivity index is 1.48. The highest BCUT2D eigenvalue weighted by Gasteiger charge is 2.41. The first kappa shape index (κ1) is 19.5. The van der Waals surface area contributed by atoms with Crippen molar-refractivity contribution in [3.8, 4) is 0 Å². The lowest BCUT2D eigenvalue weighted by atomic mass is 10.0. The number of nitrogens with zero attached hydrogens (tertiary/aromatic N) is 5. The Morgan fingerprint density at radius 3 is 2.59 bits per heavy atom. The van der Waals surface area contributed by atoms with Crippen LogP contribution in [0.15, 0.2) is 18.5 Å². The van der Waals surface area contributed by atoms with Gasteiger partial charge in [0.1, 0.15) is 5.82 Å². The summed E-state index contributed by atoms with van der Waals surface area (Å²) in [4.78, 5) is 31.5. The van der Waals surface area contributed by atoms with Crippen LogP contribution in [0.3, 0.4) is 0 Å². The van der Waals surface area contributed by atoms with Crippen molar-refractivity contribution in [3.05, 3.63) is 30.0 Å². The first-order chi connectivity index (χ1) is 13.8. The van der Waals surface area contributed by atoms with E-state index >= 15 is 0 Å². The van der Waals surface area contributed by atoms with Crippen LogP contribution in [0, 0.1) is 12.8 Å². The van der Waals surface area contributed by atoms with Crippen LogP contribution in [0.25, 0.3) is 0 Å². The molecule has 9 nitrogen and oxygen atoms in total. The van der Waals surface area contributed by atoms with Gasteiger partial charge < -0.3 is 14.8 Å². The maximum absolute atomic E-state index is 12.9. The number of likely N-dealkylation sites (tertiary alicyclic amines) is 1. The van der Waals surface area contributed by atoms with E-state index in [1.54, 1.807) is 11.1 Å². The number of carbonyl (C=O) groups excluding carboxylic acids is 2. The summed E-state index contributed by atoms with van der Waals surface area (Å²) in [6, 6.07) is 1.74. The summed E-state index contributed by atoms with van der Waals surface area (Å²) in [7, 11) is 1.94. The summed E-state index contributed by atoms with van der Waals surface area (Å²) in [5.74, 6) is 1.59. The Morgan fingerprint density at radius 1 is 1.24 bits per heavy atom. The average Bonchev–Trinajstić information content (AvgIpc) is 3.15. The van der Waals surface area contributed by atoms with Gasteiger partial charge in [0.15, 0.2) is 5.82 Å². The topological polar surface area (TPSA) is 97.1 Å². The Labute approximate surface area is 170 Å². The van der Waals surface area contributed by atoms with Crippen molar-refractivity contribution < 1.29 is 9.59 Å². The summed E-state index contributed by atoms with van der Waals surface area (Å²) in [6.45, 7) is 7.02. The first-order valence-electron chi connectivity index (χ1n) is 10.2. The van der Waals surface area contributed by atoms with Crippen LogP contribution < -0.4 is 10.6 Å². The van der Waals surface area contributed by atoms with Gasteiger partial charge in [-0.1, -0.05) is 0 Å². The molecule has 2 N–H and O–H groups in total. The first-order valence-corrected chi connectivity index (χ1v) is 10.2. The number of anilines is 1. The Kier molecular flexibility index (Phi) is 5.06. The molecule has 2 atom stereocenters. The van der Waals surface area contributed by atoms with E-state index in [4.69, 9.17) is 0 Å². The molecule has 4 rings (SSSR count). The highest BCUT2D eigenvalue weighted by atomic mass is 16.2. The third-order valence-corrected chi connectivity index (χ3v) is 5.72. The minimum absolute atomic E-state index is 0.0431. The molecule has 0 radical (unpaired) electrons. The molecule has 3 amide bonds. The molecule has 29 heavy (non-hydrogen) atoms. The van der Waals surface area contributed by atoms with Gasteiger partial charge in [0.2, 0.25) is 5.91 Å². The number of imidazole rings is 1. The van der Waals surface area contributed by atoms with Gasteiger partial charge >= 0.3 is 6.03 Å². The number of rotatable bonds is 5. The molecule has 3 heterocycles. The summed E-state index contributed by atoms with van der Waals surface area (Å²) in [5, 5.41) is 10.5. The fraction of sp³-hybridized carbons (Fsp3) is 0.600. The van der Waals surface area contributed by atoms with Crippen molar-refractivity contribution in [2.75, 3.05) is 18.4 Å². The molecule has 1 saturated heterocycles. The van der Waals surface area contributed by atoms with E-state index < -0.39 is 0 Å². The molecule has 2 aromatic rings. The Morgan fingerprint density at radius 2 is 2.00 bits per heavy atom. The quantitative estimate of drug-likeness (QED) is 0.804. The average molecular weight is 399 g/mol. The van der Waals surface area contributed by atoms with Gasteiger partial charge in [-0.15, -0.1) is 0 Å². The smallest absolute Gasteiger partial charge is 0.323 e. The van der Waals surface area contributed by atoms with E-state index in [0.717, 1.165) is 24.4 Å². The number of urea groups is 1. The Bertz CT molecular complexity index is 912. The van der Waals surface area contributed by atoms with Crippen molar-refractivity contribution in [1.82, 2.24) is 29.5 Å². The number of nitrogens with one attached hydrogen (secondary N) is 2. The second kappa shape index (κ2) is 7.53. The highest BCUT2D eigenvalue weighted by molar-refractivity contribution is 5.89. The second-order valence-corrected chi connectivity index (χ2v) is 8.44. The van der Waals surface area contributed by atoms with Crippen molar-refractivity contribution in [3.63, 3.8) is 0 Å². The molecule has 0 spiro atoms. The molecule has 156 valence electrons. The molecule has 2 aromatic heterocycles. The minimum Gasteiger partial charge on any atom is -0.351 e.